The number of likely N-dealkylation sites (N-methyl/N-ethyl adjacent to an activating group) is 1. The molecule has 0 radical (unpaired) electrons. The zero-order chi connectivity index (χ0) is 12.9. The molecular formula is C9H20NO5P. The van der Waals surface area contributed by atoms with Crippen molar-refractivity contribution in [3.05, 3.63) is 0 Å². The van der Waals surface area contributed by atoms with Gasteiger partial charge < -0.3 is 19.1 Å². The summed E-state index contributed by atoms with van der Waals surface area (Å²) in [4.78, 5) is 12.7. The van der Waals surface area contributed by atoms with Crippen molar-refractivity contribution in [1.82, 2.24) is 4.90 Å². The fourth-order valence-corrected chi connectivity index (χ4v) is 2.78. The van der Waals surface area contributed by atoms with E-state index in [1.165, 1.54) is 26.0 Å². The number of nitrogens with zero attached hydrogens (tertiary/aromatic N) is 1. The first-order valence-electron chi connectivity index (χ1n) is 5.00. The Morgan fingerprint density at radius 2 is 1.88 bits per heavy atom. The molecular weight excluding hydrogens is 233 g/mol. The molecule has 0 aromatic rings. The second kappa shape index (κ2) is 6.35. The van der Waals surface area contributed by atoms with Crippen molar-refractivity contribution in [2.45, 2.75) is 32.7 Å². The molecule has 0 heterocycles. The van der Waals surface area contributed by atoms with Crippen LogP contribution in [0.3, 0.4) is 0 Å². The van der Waals surface area contributed by atoms with Crippen molar-refractivity contribution < 1.29 is 23.5 Å². The van der Waals surface area contributed by atoms with Crippen LogP contribution in [0.15, 0.2) is 0 Å². The van der Waals surface area contributed by atoms with Crippen LogP contribution in [0, 0.1) is 0 Å². The van der Waals surface area contributed by atoms with Crippen LogP contribution in [0.2, 0.25) is 0 Å². The summed E-state index contributed by atoms with van der Waals surface area (Å²) in [7, 11) is -1.18. The lowest BCUT2D eigenvalue weighted by molar-refractivity contribution is -0.132. The van der Waals surface area contributed by atoms with E-state index >= 15 is 0 Å². The SMILES string of the molecule is CCN(C(C)=O)C(C)C(O)P(=O)(OC)OC. The Hall–Kier alpha value is -0.420. The molecule has 0 saturated heterocycles. The second-order valence-electron chi connectivity index (χ2n) is 3.36. The molecule has 1 N–H and O–H groups in total. The Kier molecular flexibility index (Phi) is 6.18. The van der Waals surface area contributed by atoms with Crippen LogP contribution in [0.4, 0.5) is 0 Å². The third kappa shape index (κ3) is 3.28. The predicted molar refractivity (Wildman–Crippen MR) is 60.2 cm³/mol. The highest BCUT2D eigenvalue weighted by Gasteiger charge is 2.39. The Labute approximate surface area is 96.1 Å². The maximum Gasteiger partial charge on any atom is 0.360 e. The monoisotopic (exact) mass is 253 g/mol. The number of amides is 1. The fourth-order valence-electron chi connectivity index (χ4n) is 1.51. The first-order chi connectivity index (χ1) is 7.33. The molecule has 0 aromatic carbocycles. The van der Waals surface area contributed by atoms with Gasteiger partial charge in [-0.3, -0.25) is 9.36 Å². The van der Waals surface area contributed by atoms with Crippen molar-refractivity contribution in [2.75, 3.05) is 20.8 Å². The molecule has 1 amide bonds. The third-order valence-electron chi connectivity index (χ3n) is 2.50. The van der Waals surface area contributed by atoms with E-state index in [0.717, 1.165) is 0 Å². The minimum atomic E-state index is -3.57. The van der Waals surface area contributed by atoms with Crippen molar-refractivity contribution in [3.63, 3.8) is 0 Å². The molecule has 7 heteroatoms. The smallest absolute Gasteiger partial charge is 0.360 e. The van der Waals surface area contributed by atoms with Crippen LogP contribution in [0.1, 0.15) is 20.8 Å². The Morgan fingerprint density at radius 1 is 1.44 bits per heavy atom. The van der Waals surface area contributed by atoms with E-state index in [-0.39, 0.29) is 5.91 Å². The van der Waals surface area contributed by atoms with Crippen LogP contribution in [0.5, 0.6) is 0 Å². The summed E-state index contributed by atoms with van der Waals surface area (Å²) >= 11 is 0. The van der Waals surface area contributed by atoms with Gasteiger partial charge in [0, 0.05) is 27.7 Å². The van der Waals surface area contributed by atoms with Gasteiger partial charge in [0.2, 0.25) is 5.91 Å². The third-order valence-corrected chi connectivity index (χ3v) is 4.60. The highest BCUT2D eigenvalue weighted by molar-refractivity contribution is 7.54. The molecule has 0 aliphatic heterocycles. The molecule has 2 unspecified atom stereocenters. The molecule has 0 fully saturated rings. The highest BCUT2D eigenvalue weighted by Crippen LogP contribution is 2.52. The van der Waals surface area contributed by atoms with Gasteiger partial charge in [0.25, 0.3) is 0 Å². The summed E-state index contributed by atoms with van der Waals surface area (Å²) < 4.78 is 21.3. The number of hydrogen-bond donors (Lipinski definition) is 1. The molecule has 0 aliphatic rings. The summed E-state index contributed by atoms with van der Waals surface area (Å²) in [6.45, 7) is 5.17. The van der Waals surface area contributed by atoms with Crippen LogP contribution >= 0.6 is 7.60 Å². The number of hydrogen-bond acceptors (Lipinski definition) is 5. The number of rotatable bonds is 6. The molecule has 2 atom stereocenters. The van der Waals surface area contributed by atoms with Crippen LogP contribution < -0.4 is 0 Å². The molecule has 0 bridgehead atoms. The zero-order valence-corrected chi connectivity index (χ0v) is 11.2. The standard InChI is InChI=1S/C9H20NO5P/c1-6-10(8(3)11)7(2)9(12)16(13,14-4)15-5/h7,9,12H,6H2,1-5H3. The normalized spacial score (nSPS) is 15.6. The predicted octanol–water partition coefficient (Wildman–Crippen LogP) is 1.05. The van der Waals surface area contributed by atoms with E-state index < -0.39 is 19.5 Å². The molecule has 6 nitrogen and oxygen atoms in total. The largest absolute Gasteiger partial charge is 0.379 e. The van der Waals surface area contributed by atoms with E-state index in [1.807, 2.05) is 0 Å². The van der Waals surface area contributed by atoms with Gasteiger partial charge in [-0.15, -0.1) is 0 Å². The van der Waals surface area contributed by atoms with Gasteiger partial charge >= 0.3 is 7.60 Å². The van der Waals surface area contributed by atoms with Crippen LogP contribution in [-0.4, -0.2) is 48.6 Å². The average Bonchev–Trinajstić information content (AvgIpc) is 2.27. The van der Waals surface area contributed by atoms with Crippen LogP contribution in [0.25, 0.3) is 0 Å². The van der Waals surface area contributed by atoms with E-state index in [9.17, 15) is 14.5 Å². The Morgan fingerprint density at radius 3 is 2.12 bits per heavy atom. The Balaban J connectivity index is 4.90. The summed E-state index contributed by atoms with van der Waals surface area (Å²) in [5.41, 5.74) is 0. The lowest BCUT2D eigenvalue weighted by Gasteiger charge is -2.32. The summed E-state index contributed by atoms with van der Waals surface area (Å²) in [5.74, 6) is -1.56. The molecule has 16 heavy (non-hydrogen) atoms. The van der Waals surface area contributed by atoms with Crippen molar-refractivity contribution in [1.29, 1.82) is 0 Å². The molecule has 0 aliphatic carbocycles. The van der Waals surface area contributed by atoms with Gasteiger partial charge in [-0.2, -0.15) is 0 Å². The van der Waals surface area contributed by atoms with Crippen molar-refractivity contribution in [2.24, 2.45) is 0 Å². The number of carbonyl (C=O) groups is 1. The Bertz CT molecular complexity index is 275. The average molecular weight is 253 g/mol. The van der Waals surface area contributed by atoms with E-state index in [0.29, 0.717) is 6.54 Å². The first-order valence-corrected chi connectivity index (χ1v) is 6.61. The molecule has 0 rings (SSSR count). The summed E-state index contributed by atoms with van der Waals surface area (Å²) in [6, 6.07) is -0.631. The van der Waals surface area contributed by atoms with Gasteiger partial charge in [-0.05, 0) is 13.8 Å². The second-order valence-corrected chi connectivity index (χ2v) is 5.70. The summed E-state index contributed by atoms with van der Waals surface area (Å²) in [5, 5.41) is 9.88. The fraction of sp³-hybridized carbons (Fsp3) is 0.889. The maximum absolute atomic E-state index is 11.9. The molecule has 0 spiro atoms. The lowest BCUT2D eigenvalue weighted by Crippen LogP contribution is -2.44. The van der Waals surface area contributed by atoms with Gasteiger partial charge in [0.1, 0.15) is 0 Å². The van der Waals surface area contributed by atoms with E-state index in [4.69, 9.17) is 0 Å². The van der Waals surface area contributed by atoms with Gasteiger partial charge in [0.05, 0.1) is 6.04 Å². The zero-order valence-electron chi connectivity index (χ0n) is 10.3. The van der Waals surface area contributed by atoms with Gasteiger partial charge in [0.15, 0.2) is 5.85 Å². The highest BCUT2D eigenvalue weighted by atomic mass is 31.2. The number of aliphatic hydroxyl groups excluding tert-OH is 1. The lowest BCUT2D eigenvalue weighted by atomic mass is 10.3. The quantitative estimate of drug-likeness (QED) is 0.716. The first kappa shape index (κ1) is 15.6. The molecule has 96 valence electrons. The van der Waals surface area contributed by atoms with Crippen molar-refractivity contribution in [3.8, 4) is 0 Å². The number of aliphatic hydroxyl groups is 1. The topological polar surface area (TPSA) is 76.1 Å². The van der Waals surface area contributed by atoms with E-state index in [2.05, 4.69) is 9.05 Å². The van der Waals surface area contributed by atoms with Gasteiger partial charge in [-0.25, -0.2) is 0 Å². The van der Waals surface area contributed by atoms with Crippen LogP contribution in [-0.2, 0) is 18.4 Å². The van der Waals surface area contributed by atoms with Gasteiger partial charge in [-0.1, -0.05) is 0 Å². The maximum atomic E-state index is 11.9. The van der Waals surface area contributed by atoms with Crippen molar-refractivity contribution >= 4 is 13.5 Å². The summed E-state index contributed by atoms with van der Waals surface area (Å²) in [6.07, 6.45) is 0. The minimum Gasteiger partial charge on any atom is -0.379 e. The molecule has 0 saturated carbocycles. The number of carbonyl (C=O) groups excluding carboxylic acids is 1. The minimum absolute atomic E-state index is 0.201. The van der Waals surface area contributed by atoms with E-state index in [1.54, 1.807) is 13.8 Å². The molecule has 0 aromatic heterocycles.